The van der Waals surface area contributed by atoms with Gasteiger partial charge in [0.1, 0.15) is 11.5 Å². The van der Waals surface area contributed by atoms with E-state index < -0.39 is 6.04 Å². The Hall–Kier alpha value is -2.86. The molecule has 1 aliphatic rings. The summed E-state index contributed by atoms with van der Waals surface area (Å²) in [7, 11) is 3.41. The van der Waals surface area contributed by atoms with Crippen LogP contribution in [0.25, 0.3) is 0 Å². The molecule has 0 aliphatic carbocycles. The summed E-state index contributed by atoms with van der Waals surface area (Å²) in [4.78, 5) is 28.0. The zero-order valence-corrected chi connectivity index (χ0v) is 15.7. The van der Waals surface area contributed by atoms with E-state index in [2.05, 4.69) is 10.2 Å². The van der Waals surface area contributed by atoms with E-state index in [-0.39, 0.29) is 18.2 Å². The van der Waals surface area contributed by atoms with E-state index in [0.717, 1.165) is 17.1 Å². The van der Waals surface area contributed by atoms with E-state index in [1.165, 1.54) is 4.90 Å². The third-order valence-corrected chi connectivity index (χ3v) is 4.57. The van der Waals surface area contributed by atoms with Crippen LogP contribution >= 0.6 is 0 Å². The minimum absolute atomic E-state index is 0.0526. The van der Waals surface area contributed by atoms with E-state index >= 15 is 0 Å². The van der Waals surface area contributed by atoms with Gasteiger partial charge in [-0.1, -0.05) is 30.3 Å². The number of nitrogens with zero attached hydrogens (tertiary/aromatic N) is 2. The van der Waals surface area contributed by atoms with Gasteiger partial charge in [-0.2, -0.15) is 0 Å². The van der Waals surface area contributed by atoms with Gasteiger partial charge in [0.05, 0.1) is 12.5 Å². The number of rotatable bonds is 6. The van der Waals surface area contributed by atoms with Crippen molar-refractivity contribution in [2.45, 2.75) is 19.0 Å². The molecule has 1 atom stereocenters. The first-order valence-electron chi connectivity index (χ1n) is 9.06. The summed E-state index contributed by atoms with van der Waals surface area (Å²) in [5.74, 6) is 1.39. The smallest absolute Gasteiger partial charge is 0.237 e. The quantitative estimate of drug-likeness (QED) is 0.851. The number of carbonyl (C=O) groups is 2. The van der Waals surface area contributed by atoms with Crippen LogP contribution in [0, 0.1) is 0 Å². The lowest BCUT2D eigenvalue weighted by atomic mass is 10.1. The molecule has 3 rings (SSSR count). The van der Waals surface area contributed by atoms with E-state index in [1.54, 1.807) is 14.1 Å². The molecule has 0 bridgehead atoms. The van der Waals surface area contributed by atoms with Crippen LogP contribution in [0.4, 0.5) is 0 Å². The highest BCUT2D eigenvalue weighted by Gasteiger charge is 2.32. The number of carbonyl (C=O) groups excluding carboxylic acids is 2. The maximum absolute atomic E-state index is 12.3. The number of hydrogen-bond donors (Lipinski definition) is 1. The van der Waals surface area contributed by atoms with Crippen LogP contribution in [0.1, 0.15) is 12.0 Å². The Kier molecular flexibility index (Phi) is 6.08. The maximum Gasteiger partial charge on any atom is 0.237 e. The van der Waals surface area contributed by atoms with Gasteiger partial charge in [0.25, 0.3) is 0 Å². The van der Waals surface area contributed by atoms with Crippen molar-refractivity contribution < 1.29 is 14.3 Å². The Morgan fingerprint density at radius 3 is 2.63 bits per heavy atom. The van der Waals surface area contributed by atoms with Crippen molar-refractivity contribution in [1.29, 1.82) is 0 Å². The fourth-order valence-corrected chi connectivity index (χ4v) is 3.09. The molecule has 0 radical (unpaired) electrons. The zero-order chi connectivity index (χ0) is 19.2. The molecule has 0 spiro atoms. The number of ether oxygens (including phenoxy) is 1. The predicted molar refractivity (Wildman–Crippen MR) is 103 cm³/mol. The van der Waals surface area contributed by atoms with Crippen LogP contribution in [-0.2, 0) is 16.1 Å². The van der Waals surface area contributed by atoms with Gasteiger partial charge in [-0.05, 0) is 29.8 Å². The molecule has 0 saturated carbocycles. The standard InChI is InChI=1S/C21H25N3O3/c1-23(2)20(25)14-19-21(26)22-11-12-24(19)15-16-7-6-10-18(13-16)27-17-8-4-3-5-9-17/h3-10,13,19H,11-12,14-15H2,1-2H3,(H,22,26). The molecule has 27 heavy (non-hydrogen) atoms. The molecule has 1 unspecified atom stereocenters. The Morgan fingerprint density at radius 1 is 1.15 bits per heavy atom. The predicted octanol–water partition coefficient (Wildman–Crippen LogP) is 2.26. The normalized spacial score (nSPS) is 17.3. The second-order valence-electron chi connectivity index (χ2n) is 6.83. The first-order valence-corrected chi connectivity index (χ1v) is 9.06. The lowest BCUT2D eigenvalue weighted by Gasteiger charge is -2.35. The summed E-state index contributed by atoms with van der Waals surface area (Å²) < 4.78 is 5.89. The molecule has 1 N–H and O–H groups in total. The molecule has 1 fully saturated rings. The lowest BCUT2D eigenvalue weighted by Crippen LogP contribution is -2.56. The fraction of sp³-hybridized carbons (Fsp3) is 0.333. The van der Waals surface area contributed by atoms with Crippen molar-refractivity contribution in [2.24, 2.45) is 0 Å². The summed E-state index contributed by atoms with van der Waals surface area (Å²) in [6, 6.07) is 17.0. The third-order valence-electron chi connectivity index (χ3n) is 4.57. The molecule has 2 aromatic rings. The van der Waals surface area contributed by atoms with E-state index in [4.69, 9.17) is 4.74 Å². The fourth-order valence-electron chi connectivity index (χ4n) is 3.09. The van der Waals surface area contributed by atoms with Crippen LogP contribution in [-0.4, -0.2) is 54.8 Å². The Bertz CT molecular complexity index is 792. The second kappa shape index (κ2) is 8.68. The molecule has 142 valence electrons. The van der Waals surface area contributed by atoms with Crippen LogP contribution in [0.2, 0.25) is 0 Å². The van der Waals surface area contributed by atoms with Gasteiger partial charge in [-0.3, -0.25) is 14.5 Å². The highest BCUT2D eigenvalue weighted by Crippen LogP contribution is 2.23. The van der Waals surface area contributed by atoms with E-state index in [0.29, 0.717) is 19.6 Å². The SMILES string of the molecule is CN(C)C(=O)CC1C(=O)NCCN1Cc1cccc(Oc2ccccc2)c1. The number of para-hydroxylation sites is 1. The highest BCUT2D eigenvalue weighted by molar-refractivity contribution is 5.88. The van der Waals surface area contributed by atoms with Crippen molar-refractivity contribution in [3.63, 3.8) is 0 Å². The number of benzene rings is 2. The van der Waals surface area contributed by atoms with Gasteiger partial charge in [0.15, 0.2) is 0 Å². The van der Waals surface area contributed by atoms with Crippen LogP contribution < -0.4 is 10.1 Å². The molecule has 1 heterocycles. The van der Waals surface area contributed by atoms with Crippen molar-refractivity contribution in [3.05, 3.63) is 60.2 Å². The summed E-state index contributed by atoms with van der Waals surface area (Å²) >= 11 is 0. The monoisotopic (exact) mass is 367 g/mol. The van der Waals surface area contributed by atoms with Crippen LogP contribution in [0.5, 0.6) is 11.5 Å². The van der Waals surface area contributed by atoms with Gasteiger partial charge in [0.2, 0.25) is 11.8 Å². The van der Waals surface area contributed by atoms with Crippen LogP contribution in [0.15, 0.2) is 54.6 Å². The summed E-state index contributed by atoms with van der Waals surface area (Å²) in [5.41, 5.74) is 1.04. The second-order valence-corrected chi connectivity index (χ2v) is 6.83. The first-order chi connectivity index (χ1) is 13.0. The van der Waals surface area contributed by atoms with Gasteiger partial charge in [0, 0.05) is 33.7 Å². The maximum atomic E-state index is 12.3. The Balaban J connectivity index is 1.71. The van der Waals surface area contributed by atoms with E-state index in [9.17, 15) is 9.59 Å². The Labute approximate surface area is 159 Å². The minimum atomic E-state index is -0.452. The van der Waals surface area contributed by atoms with Crippen molar-refractivity contribution in [2.75, 3.05) is 27.2 Å². The topological polar surface area (TPSA) is 61.9 Å². The van der Waals surface area contributed by atoms with Crippen LogP contribution in [0.3, 0.4) is 0 Å². The molecular formula is C21H25N3O3. The molecule has 6 nitrogen and oxygen atoms in total. The van der Waals surface area contributed by atoms with E-state index in [1.807, 2.05) is 54.6 Å². The van der Waals surface area contributed by atoms with Crippen molar-refractivity contribution >= 4 is 11.8 Å². The molecule has 2 amide bonds. The largest absolute Gasteiger partial charge is 0.457 e. The van der Waals surface area contributed by atoms with Gasteiger partial charge in [-0.15, -0.1) is 0 Å². The number of piperazine rings is 1. The lowest BCUT2D eigenvalue weighted by molar-refractivity contribution is -0.137. The zero-order valence-electron chi connectivity index (χ0n) is 15.7. The Morgan fingerprint density at radius 2 is 1.89 bits per heavy atom. The molecule has 2 aromatic carbocycles. The minimum Gasteiger partial charge on any atom is -0.457 e. The number of nitrogens with one attached hydrogen (secondary N) is 1. The highest BCUT2D eigenvalue weighted by atomic mass is 16.5. The molecule has 0 aromatic heterocycles. The van der Waals surface area contributed by atoms with Crippen molar-refractivity contribution in [3.8, 4) is 11.5 Å². The average Bonchev–Trinajstić information content (AvgIpc) is 2.65. The first kappa shape index (κ1) is 18.9. The van der Waals surface area contributed by atoms with Gasteiger partial charge < -0.3 is 15.0 Å². The molecule has 6 heteroatoms. The third kappa shape index (κ3) is 5.08. The molecule has 1 saturated heterocycles. The number of hydrogen-bond acceptors (Lipinski definition) is 4. The molecular weight excluding hydrogens is 342 g/mol. The molecule has 1 aliphatic heterocycles. The average molecular weight is 367 g/mol. The van der Waals surface area contributed by atoms with Gasteiger partial charge in [-0.25, -0.2) is 0 Å². The van der Waals surface area contributed by atoms with Gasteiger partial charge >= 0.3 is 0 Å². The summed E-state index contributed by atoms with van der Waals surface area (Å²) in [5, 5.41) is 2.86. The van der Waals surface area contributed by atoms with Crippen molar-refractivity contribution in [1.82, 2.24) is 15.1 Å². The number of amides is 2. The summed E-state index contributed by atoms with van der Waals surface area (Å²) in [6.07, 6.45) is 0.180. The summed E-state index contributed by atoms with van der Waals surface area (Å²) in [6.45, 7) is 1.89.